The summed E-state index contributed by atoms with van der Waals surface area (Å²) in [4.78, 5) is 4.24. The third-order valence-corrected chi connectivity index (χ3v) is 2.89. The van der Waals surface area contributed by atoms with Crippen LogP contribution in [0.25, 0.3) is 0 Å². The van der Waals surface area contributed by atoms with Gasteiger partial charge in [0.25, 0.3) is 0 Å². The summed E-state index contributed by atoms with van der Waals surface area (Å²) in [6.07, 6.45) is 0.914. The van der Waals surface area contributed by atoms with Crippen molar-refractivity contribution in [1.82, 2.24) is 4.98 Å². The minimum Gasteiger partial charge on any atom is -0.390 e. The Morgan fingerprint density at radius 2 is 2.31 bits per heavy atom. The standard InChI is InChI=1S/C12H17NO3/c1-9(10-4-2-3-5-13-10)12(14)11-8-15-6-7-16-11/h2-5,9,11-12,14H,6-8H2,1H3. The average Bonchev–Trinajstić information content (AvgIpc) is 2.39. The molecule has 4 nitrogen and oxygen atoms in total. The molecular weight excluding hydrogens is 206 g/mol. The molecule has 0 aliphatic carbocycles. The molecule has 0 saturated carbocycles. The van der Waals surface area contributed by atoms with Crippen LogP contribution in [0.5, 0.6) is 0 Å². The van der Waals surface area contributed by atoms with Gasteiger partial charge in [-0.2, -0.15) is 0 Å². The van der Waals surface area contributed by atoms with Gasteiger partial charge in [0.05, 0.1) is 25.9 Å². The molecule has 1 aromatic rings. The SMILES string of the molecule is CC(c1ccccn1)C(O)C1COCCO1. The van der Waals surface area contributed by atoms with Crippen molar-refractivity contribution in [3.63, 3.8) is 0 Å². The highest BCUT2D eigenvalue weighted by Gasteiger charge is 2.29. The average molecular weight is 223 g/mol. The molecule has 88 valence electrons. The van der Waals surface area contributed by atoms with Crippen LogP contribution >= 0.6 is 0 Å². The fourth-order valence-electron chi connectivity index (χ4n) is 1.85. The van der Waals surface area contributed by atoms with Gasteiger partial charge >= 0.3 is 0 Å². The monoisotopic (exact) mass is 223 g/mol. The van der Waals surface area contributed by atoms with Gasteiger partial charge in [0.2, 0.25) is 0 Å². The maximum absolute atomic E-state index is 10.2. The Labute approximate surface area is 95.2 Å². The van der Waals surface area contributed by atoms with E-state index >= 15 is 0 Å². The van der Waals surface area contributed by atoms with Gasteiger partial charge in [-0.1, -0.05) is 13.0 Å². The molecular formula is C12H17NO3. The Balaban J connectivity index is 2.00. The van der Waals surface area contributed by atoms with Gasteiger partial charge in [-0.3, -0.25) is 4.98 Å². The highest BCUT2D eigenvalue weighted by Crippen LogP contribution is 2.21. The summed E-state index contributed by atoms with van der Waals surface area (Å²) in [5.74, 6) is -0.0482. The number of hydrogen-bond donors (Lipinski definition) is 1. The molecule has 0 aromatic carbocycles. The second kappa shape index (κ2) is 5.39. The highest BCUT2D eigenvalue weighted by molar-refractivity contribution is 5.10. The van der Waals surface area contributed by atoms with Crippen LogP contribution in [0, 0.1) is 0 Å². The minimum atomic E-state index is -0.574. The lowest BCUT2D eigenvalue weighted by Gasteiger charge is -2.30. The van der Waals surface area contributed by atoms with Gasteiger partial charge in [-0.05, 0) is 12.1 Å². The zero-order chi connectivity index (χ0) is 11.4. The lowest BCUT2D eigenvalue weighted by Crippen LogP contribution is -2.41. The first-order valence-corrected chi connectivity index (χ1v) is 5.57. The molecule has 1 fully saturated rings. The predicted octanol–water partition coefficient (Wildman–Crippen LogP) is 0.961. The van der Waals surface area contributed by atoms with Gasteiger partial charge in [0.1, 0.15) is 6.10 Å². The van der Waals surface area contributed by atoms with Crippen LogP contribution in [0.1, 0.15) is 18.5 Å². The van der Waals surface area contributed by atoms with Crippen LogP contribution in [-0.4, -0.2) is 42.1 Å². The van der Waals surface area contributed by atoms with E-state index in [-0.39, 0.29) is 12.0 Å². The van der Waals surface area contributed by atoms with Crippen LogP contribution < -0.4 is 0 Å². The number of hydrogen-bond acceptors (Lipinski definition) is 4. The summed E-state index contributed by atoms with van der Waals surface area (Å²) in [5.41, 5.74) is 0.879. The number of aliphatic hydroxyl groups is 1. The minimum absolute atomic E-state index is 0.0482. The molecule has 0 radical (unpaired) electrons. The Morgan fingerprint density at radius 3 is 2.94 bits per heavy atom. The third kappa shape index (κ3) is 2.58. The molecule has 1 aliphatic heterocycles. The first-order valence-electron chi connectivity index (χ1n) is 5.57. The highest BCUT2D eigenvalue weighted by atomic mass is 16.6. The van der Waals surface area contributed by atoms with Crippen LogP contribution in [-0.2, 0) is 9.47 Å². The molecule has 0 amide bonds. The van der Waals surface area contributed by atoms with Crippen molar-refractivity contribution in [3.8, 4) is 0 Å². The van der Waals surface area contributed by atoms with Crippen molar-refractivity contribution >= 4 is 0 Å². The maximum atomic E-state index is 10.2. The normalized spacial score (nSPS) is 25.0. The van der Waals surface area contributed by atoms with Crippen molar-refractivity contribution in [2.24, 2.45) is 0 Å². The van der Waals surface area contributed by atoms with Gasteiger partial charge in [-0.25, -0.2) is 0 Å². The van der Waals surface area contributed by atoms with E-state index in [1.54, 1.807) is 6.20 Å². The summed E-state index contributed by atoms with van der Waals surface area (Å²) in [5, 5.41) is 10.2. The fraction of sp³-hybridized carbons (Fsp3) is 0.583. The van der Waals surface area contributed by atoms with Crippen LogP contribution in [0.3, 0.4) is 0 Å². The zero-order valence-electron chi connectivity index (χ0n) is 9.37. The van der Waals surface area contributed by atoms with Crippen molar-refractivity contribution in [2.45, 2.75) is 25.0 Å². The van der Waals surface area contributed by atoms with Gasteiger partial charge < -0.3 is 14.6 Å². The Bertz CT molecular complexity index is 311. The summed E-state index contributed by atoms with van der Waals surface area (Å²) >= 11 is 0. The van der Waals surface area contributed by atoms with Crippen molar-refractivity contribution in [1.29, 1.82) is 0 Å². The largest absolute Gasteiger partial charge is 0.390 e. The number of aliphatic hydroxyl groups excluding tert-OH is 1. The topological polar surface area (TPSA) is 51.6 Å². The van der Waals surface area contributed by atoms with Crippen molar-refractivity contribution < 1.29 is 14.6 Å². The van der Waals surface area contributed by atoms with E-state index in [1.807, 2.05) is 25.1 Å². The quantitative estimate of drug-likeness (QED) is 0.829. The van der Waals surface area contributed by atoms with Crippen LogP contribution in [0.15, 0.2) is 24.4 Å². The molecule has 1 aliphatic rings. The van der Waals surface area contributed by atoms with E-state index in [1.165, 1.54) is 0 Å². The fourth-order valence-corrected chi connectivity index (χ4v) is 1.85. The predicted molar refractivity (Wildman–Crippen MR) is 59.2 cm³/mol. The summed E-state index contributed by atoms with van der Waals surface area (Å²) < 4.78 is 10.8. The first-order chi connectivity index (χ1) is 7.79. The summed E-state index contributed by atoms with van der Waals surface area (Å²) in [6.45, 7) is 3.57. The molecule has 3 unspecified atom stereocenters. The van der Waals surface area contributed by atoms with Crippen LogP contribution in [0.4, 0.5) is 0 Å². The molecule has 0 spiro atoms. The smallest absolute Gasteiger partial charge is 0.107 e. The molecule has 2 heterocycles. The van der Waals surface area contributed by atoms with E-state index in [4.69, 9.17) is 9.47 Å². The molecule has 1 N–H and O–H groups in total. The lowest BCUT2D eigenvalue weighted by atomic mass is 9.96. The third-order valence-electron chi connectivity index (χ3n) is 2.89. The van der Waals surface area contributed by atoms with E-state index < -0.39 is 6.10 Å². The molecule has 1 aromatic heterocycles. The van der Waals surface area contributed by atoms with Crippen LogP contribution in [0.2, 0.25) is 0 Å². The van der Waals surface area contributed by atoms with E-state index in [0.29, 0.717) is 19.8 Å². The maximum Gasteiger partial charge on any atom is 0.107 e. The summed E-state index contributed by atoms with van der Waals surface area (Å²) in [6, 6.07) is 5.70. The number of pyridine rings is 1. The molecule has 1 saturated heterocycles. The zero-order valence-corrected chi connectivity index (χ0v) is 9.37. The van der Waals surface area contributed by atoms with Gasteiger partial charge in [0, 0.05) is 17.8 Å². The van der Waals surface area contributed by atoms with E-state index in [2.05, 4.69) is 4.98 Å². The molecule has 3 atom stereocenters. The molecule has 4 heteroatoms. The molecule has 16 heavy (non-hydrogen) atoms. The van der Waals surface area contributed by atoms with E-state index in [0.717, 1.165) is 5.69 Å². The Hall–Kier alpha value is -0.970. The second-order valence-electron chi connectivity index (χ2n) is 4.02. The Morgan fingerprint density at radius 1 is 1.44 bits per heavy atom. The number of ether oxygens (including phenoxy) is 2. The molecule has 0 bridgehead atoms. The van der Waals surface area contributed by atoms with Gasteiger partial charge in [0.15, 0.2) is 0 Å². The van der Waals surface area contributed by atoms with Crippen molar-refractivity contribution in [3.05, 3.63) is 30.1 Å². The number of aromatic nitrogens is 1. The Kier molecular flexibility index (Phi) is 3.88. The number of nitrogens with zero attached hydrogens (tertiary/aromatic N) is 1. The summed E-state index contributed by atoms with van der Waals surface area (Å²) in [7, 11) is 0. The second-order valence-corrected chi connectivity index (χ2v) is 4.02. The lowest BCUT2D eigenvalue weighted by molar-refractivity contribution is -0.136. The van der Waals surface area contributed by atoms with Crippen molar-refractivity contribution in [2.75, 3.05) is 19.8 Å². The first kappa shape index (κ1) is 11.5. The number of rotatable bonds is 3. The van der Waals surface area contributed by atoms with Gasteiger partial charge in [-0.15, -0.1) is 0 Å². The molecule has 2 rings (SSSR count). The van der Waals surface area contributed by atoms with E-state index in [9.17, 15) is 5.11 Å².